The lowest BCUT2D eigenvalue weighted by atomic mass is 10.2. The topological polar surface area (TPSA) is 60.9 Å². The quantitative estimate of drug-likeness (QED) is 0.521. The number of aromatic nitrogens is 3. The molecule has 3 rings (SSSR count). The summed E-state index contributed by atoms with van der Waals surface area (Å²) in [5, 5.41) is 5.37. The minimum atomic E-state index is 0.0445. The summed E-state index contributed by atoms with van der Waals surface area (Å²) in [6.07, 6.45) is 0. The van der Waals surface area contributed by atoms with Crippen LogP contribution in [-0.2, 0) is 5.75 Å². The van der Waals surface area contributed by atoms with Gasteiger partial charge in [0.2, 0.25) is 0 Å². The summed E-state index contributed by atoms with van der Waals surface area (Å²) in [5.74, 6) is 1.39. The predicted octanol–water partition coefficient (Wildman–Crippen LogP) is 4.24. The van der Waals surface area contributed by atoms with Gasteiger partial charge in [-0.1, -0.05) is 16.9 Å². The summed E-state index contributed by atoms with van der Waals surface area (Å²) in [4.78, 5) is 19.6. The van der Waals surface area contributed by atoms with Crippen molar-refractivity contribution in [3.8, 4) is 0 Å². The molecule has 0 aliphatic rings. The molecule has 0 unspecified atom stereocenters. The molecular weight excluding hydrogens is 330 g/mol. The third-order valence-corrected chi connectivity index (χ3v) is 5.82. The second-order valence-electron chi connectivity index (χ2n) is 5.85. The first-order valence-corrected chi connectivity index (χ1v) is 9.26. The van der Waals surface area contributed by atoms with Crippen LogP contribution in [0.3, 0.4) is 0 Å². The van der Waals surface area contributed by atoms with E-state index in [1.165, 1.54) is 11.8 Å². The smallest absolute Gasteiger partial charge is 0.263 e. The van der Waals surface area contributed by atoms with Gasteiger partial charge in [0.25, 0.3) is 5.56 Å². The molecule has 0 aliphatic heterocycles. The van der Waals surface area contributed by atoms with E-state index < -0.39 is 0 Å². The summed E-state index contributed by atoms with van der Waals surface area (Å²) in [6, 6.07) is 1.96. The van der Waals surface area contributed by atoms with Crippen molar-refractivity contribution in [1.82, 2.24) is 14.7 Å². The highest BCUT2D eigenvalue weighted by molar-refractivity contribution is 7.98. The Morgan fingerprint density at radius 1 is 1.35 bits per heavy atom. The van der Waals surface area contributed by atoms with Gasteiger partial charge >= 0.3 is 0 Å². The first kappa shape index (κ1) is 16.3. The summed E-state index contributed by atoms with van der Waals surface area (Å²) < 4.78 is 7.02. The maximum Gasteiger partial charge on any atom is 0.263 e. The van der Waals surface area contributed by atoms with Crippen molar-refractivity contribution in [2.45, 2.75) is 51.6 Å². The zero-order chi connectivity index (χ0) is 16.7. The molecule has 0 atom stereocenters. The monoisotopic (exact) mass is 349 g/mol. The van der Waals surface area contributed by atoms with Gasteiger partial charge in [0, 0.05) is 17.0 Å². The zero-order valence-electron chi connectivity index (χ0n) is 13.8. The zero-order valence-corrected chi connectivity index (χ0v) is 15.5. The van der Waals surface area contributed by atoms with Gasteiger partial charge < -0.3 is 4.52 Å². The Bertz CT molecular complexity index is 921. The van der Waals surface area contributed by atoms with Crippen LogP contribution >= 0.6 is 23.1 Å². The SMILES string of the molecule is Cc1cc(CSc2nc3sc(C)c(C)c3c(=O)n2C(C)C)on1. The number of rotatable bonds is 4. The van der Waals surface area contributed by atoms with Crippen LogP contribution in [-0.4, -0.2) is 14.7 Å². The molecule has 122 valence electrons. The van der Waals surface area contributed by atoms with Gasteiger partial charge in [0.15, 0.2) is 5.16 Å². The van der Waals surface area contributed by atoms with Gasteiger partial charge in [-0.15, -0.1) is 11.3 Å². The molecule has 0 N–H and O–H groups in total. The Balaban J connectivity index is 2.07. The second-order valence-corrected chi connectivity index (χ2v) is 8.00. The highest BCUT2D eigenvalue weighted by Crippen LogP contribution is 2.30. The molecule has 7 heteroatoms. The molecule has 0 saturated heterocycles. The van der Waals surface area contributed by atoms with E-state index in [-0.39, 0.29) is 11.6 Å². The molecule has 3 heterocycles. The lowest BCUT2D eigenvalue weighted by Crippen LogP contribution is -2.24. The number of nitrogens with zero attached hydrogens (tertiary/aromatic N) is 3. The molecule has 0 radical (unpaired) electrons. The fourth-order valence-corrected chi connectivity index (χ4v) is 4.54. The van der Waals surface area contributed by atoms with Crippen LogP contribution in [0.5, 0.6) is 0 Å². The minimum absolute atomic E-state index is 0.0445. The first-order valence-electron chi connectivity index (χ1n) is 7.45. The van der Waals surface area contributed by atoms with Crippen molar-refractivity contribution in [3.63, 3.8) is 0 Å². The standard InChI is InChI=1S/C16H19N3O2S2/c1-8(2)19-15(20)13-10(4)11(5)23-14(13)17-16(19)22-7-12-6-9(3)18-21-12/h6,8H,7H2,1-5H3. The highest BCUT2D eigenvalue weighted by Gasteiger charge is 2.18. The number of aryl methyl sites for hydroxylation is 3. The van der Waals surface area contributed by atoms with Crippen LogP contribution in [0.15, 0.2) is 20.5 Å². The Hall–Kier alpha value is -1.60. The van der Waals surface area contributed by atoms with Crippen LogP contribution in [0.1, 0.15) is 41.8 Å². The number of fused-ring (bicyclic) bond motifs is 1. The van der Waals surface area contributed by atoms with Crippen LogP contribution in [0, 0.1) is 20.8 Å². The number of hydrogen-bond donors (Lipinski definition) is 0. The lowest BCUT2D eigenvalue weighted by molar-refractivity contribution is 0.390. The van der Waals surface area contributed by atoms with Crippen molar-refractivity contribution in [2.75, 3.05) is 0 Å². The van der Waals surface area contributed by atoms with E-state index in [0.29, 0.717) is 5.75 Å². The normalized spacial score (nSPS) is 11.7. The molecular formula is C16H19N3O2S2. The Morgan fingerprint density at radius 2 is 2.09 bits per heavy atom. The third kappa shape index (κ3) is 2.95. The van der Waals surface area contributed by atoms with E-state index in [1.807, 2.05) is 40.7 Å². The van der Waals surface area contributed by atoms with Gasteiger partial charge in [-0.3, -0.25) is 9.36 Å². The first-order chi connectivity index (χ1) is 10.9. The Labute approximate surface area is 142 Å². The van der Waals surface area contributed by atoms with E-state index >= 15 is 0 Å². The average molecular weight is 349 g/mol. The predicted molar refractivity (Wildman–Crippen MR) is 94.5 cm³/mol. The van der Waals surface area contributed by atoms with Gasteiger partial charge in [-0.25, -0.2) is 4.98 Å². The third-order valence-electron chi connectivity index (χ3n) is 3.74. The summed E-state index contributed by atoms with van der Waals surface area (Å²) in [5.41, 5.74) is 1.94. The molecule has 0 aliphatic carbocycles. The summed E-state index contributed by atoms with van der Waals surface area (Å²) >= 11 is 3.09. The van der Waals surface area contributed by atoms with E-state index in [2.05, 4.69) is 5.16 Å². The summed E-state index contributed by atoms with van der Waals surface area (Å²) in [6.45, 7) is 9.93. The summed E-state index contributed by atoms with van der Waals surface area (Å²) in [7, 11) is 0. The number of hydrogen-bond acceptors (Lipinski definition) is 6. The van der Waals surface area contributed by atoms with Crippen molar-refractivity contribution < 1.29 is 4.52 Å². The van der Waals surface area contributed by atoms with Crippen molar-refractivity contribution >= 4 is 33.3 Å². The Kier molecular flexibility index (Phi) is 4.33. The fourth-order valence-electron chi connectivity index (χ4n) is 2.46. The van der Waals surface area contributed by atoms with E-state index in [9.17, 15) is 4.79 Å². The minimum Gasteiger partial charge on any atom is -0.360 e. The fraction of sp³-hybridized carbons (Fsp3) is 0.438. The molecule has 0 saturated carbocycles. The van der Waals surface area contributed by atoms with E-state index in [0.717, 1.165) is 37.3 Å². The molecule has 5 nitrogen and oxygen atoms in total. The molecule has 0 aromatic carbocycles. The number of thiophene rings is 1. The molecule has 3 aromatic heterocycles. The van der Waals surface area contributed by atoms with Gasteiger partial charge in [0.05, 0.1) is 16.8 Å². The maximum atomic E-state index is 12.9. The van der Waals surface area contributed by atoms with Crippen molar-refractivity contribution in [1.29, 1.82) is 0 Å². The van der Waals surface area contributed by atoms with Crippen LogP contribution in [0.2, 0.25) is 0 Å². The van der Waals surface area contributed by atoms with Crippen LogP contribution in [0.25, 0.3) is 10.2 Å². The molecule has 0 bridgehead atoms. The molecule has 0 spiro atoms. The molecule has 0 fully saturated rings. The van der Waals surface area contributed by atoms with Crippen molar-refractivity contribution in [3.05, 3.63) is 38.3 Å². The molecule has 0 amide bonds. The van der Waals surface area contributed by atoms with Crippen LogP contribution < -0.4 is 5.56 Å². The molecule has 3 aromatic rings. The van der Waals surface area contributed by atoms with Gasteiger partial charge in [0.1, 0.15) is 10.6 Å². The Morgan fingerprint density at radius 3 is 2.70 bits per heavy atom. The largest absolute Gasteiger partial charge is 0.360 e. The lowest BCUT2D eigenvalue weighted by Gasteiger charge is -2.14. The molecule has 23 heavy (non-hydrogen) atoms. The van der Waals surface area contributed by atoms with Gasteiger partial charge in [-0.2, -0.15) is 0 Å². The van der Waals surface area contributed by atoms with E-state index in [1.54, 1.807) is 15.9 Å². The van der Waals surface area contributed by atoms with E-state index in [4.69, 9.17) is 9.51 Å². The maximum absolute atomic E-state index is 12.9. The second kappa shape index (κ2) is 6.13. The van der Waals surface area contributed by atoms with Crippen LogP contribution in [0.4, 0.5) is 0 Å². The average Bonchev–Trinajstić information content (AvgIpc) is 3.00. The van der Waals surface area contributed by atoms with Crippen molar-refractivity contribution in [2.24, 2.45) is 0 Å². The van der Waals surface area contributed by atoms with Gasteiger partial charge in [-0.05, 0) is 40.2 Å². The highest BCUT2D eigenvalue weighted by atomic mass is 32.2. The number of thioether (sulfide) groups is 1.